The van der Waals surface area contributed by atoms with Crippen LogP contribution in [0.1, 0.15) is 24.4 Å². The van der Waals surface area contributed by atoms with Gasteiger partial charge < -0.3 is 5.32 Å². The predicted octanol–water partition coefficient (Wildman–Crippen LogP) is 3.93. The molecule has 5 nitrogen and oxygen atoms in total. The van der Waals surface area contributed by atoms with E-state index in [0.29, 0.717) is 24.6 Å². The van der Waals surface area contributed by atoms with Crippen LogP contribution in [0.25, 0.3) is 10.7 Å². The first-order valence-corrected chi connectivity index (χ1v) is 10.7. The van der Waals surface area contributed by atoms with Crippen molar-refractivity contribution in [1.29, 1.82) is 0 Å². The number of rotatable bonds is 8. The first kappa shape index (κ1) is 18.2. The Kier molecular flexibility index (Phi) is 5.54. The molecule has 0 atom stereocenters. The predicted molar refractivity (Wildman–Crippen MR) is 105 cm³/mol. The van der Waals surface area contributed by atoms with Crippen molar-refractivity contribution in [1.82, 2.24) is 20.1 Å². The second-order valence-electron chi connectivity index (χ2n) is 6.36. The molecule has 1 fully saturated rings. The van der Waals surface area contributed by atoms with Gasteiger partial charge in [-0.2, -0.15) is 0 Å². The molecule has 8 heteroatoms. The Morgan fingerprint density at radius 1 is 1.26 bits per heavy atom. The van der Waals surface area contributed by atoms with Crippen LogP contribution in [-0.2, 0) is 11.2 Å². The van der Waals surface area contributed by atoms with Crippen LogP contribution in [0.2, 0.25) is 0 Å². The number of aromatic nitrogens is 3. The largest absolute Gasteiger partial charge is 0.355 e. The van der Waals surface area contributed by atoms with Gasteiger partial charge in [0.15, 0.2) is 11.0 Å². The molecule has 1 N–H and O–H groups in total. The minimum atomic E-state index is -0.236. The number of nitrogens with zero attached hydrogens (tertiary/aromatic N) is 3. The van der Waals surface area contributed by atoms with Crippen LogP contribution in [0.5, 0.6) is 0 Å². The van der Waals surface area contributed by atoms with Gasteiger partial charge in [-0.15, -0.1) is 21.5 Å². The van der Waals surface area contributed by atoms with Crippen molar-refractivity contribution in [3.05, 3.63) is 53.2 Å². The lowest BCUT2D eigenvalue weighted by molar-refractivity contribution is -0.118. The number of thioether (sulfide) groups is 1. The molecule has 0 unspecified atom stereocenters. The molecule has 140 valence electrons. The average Bonchev–Trinajstić information content (AvgIpc) is 3.19. The van der Waals surface area contributed by atoms with E-state index in [4.69, 9.17) is 0 Å². The molecule has 2 aromatic heterocycles. The maximum atomic E-state index is 13.6. The molecule has 27 heavy (non-hydrogen) atoms. The first-order valence-electron chi connectivity index (χ1n) is 8.84. The number of hydrogen-bond acceptors (Lipinski definition) is 5. The maximum Gasteiger partial charge on any atom is 0.230 e. The highest BCUT2D eigenvalue weighted by Crippen LogP contribution is 2.41. The lowest BCUT2D eigenvalue weighted by Crippen LogP contribution is -2.27. The quantitative estimate of drug-likeness (QED) is 0.580. The molecule has 3 aromatic rings. The zero-order valence-corrected chi connectivity index (χ0v) is 16.2. The van der Waals surface area contributed by atoms with Gasteiger partial charge in [0.25, 0.3) is 0 Å². The van der Waals surface area contributed by atoms with Crippen LogP contribution in [0.3, 0.4) is 0 Å². The van der Waals surface area contributed by atoms with Gasteiger partial charge in [-0.05, 0) is 42.3 Å². The molecule has 0 aliphatic heterocycles. The van der Waals surface area contributed by atoms with E-state index in [2.05, 4.69) is 20.1 Å². The molecular formula is C19H19FN4OS2. The zero-order valence-electron chi connectivity index (χ0n) is 14.6. The Morgan fingerprint density at radius 3 is 2.85 bits per heavy atom. The van der Waals surface area contributed by atoms with E-state index in [-0.39, 0.29) is 17.5 Å². The van der Waals surface area contributed by atoms with Crippen molar-refractivity contribution in [2.24, 2.45) is 0 Å². The number of benzene rings is 1. The molecule has 1 aliphatic rings. The summed E-state index contributed by atoms with van der Waals surface area (Å²) in [6.45, 7) is 0.413. The second-order valence-corrected chi connectivity index (χ2v) is 8.25. The molecule has 4 rings (SSSR count). The highest BCUT2D eigenvalue weighted by molar-refractivity contribution is 7.99. The third-order valence-electron chi connectivity index (χ3n) is 4.32. The van der Waals surface area contributed by atoms with Gasteiger partial charge >= 0.3 is 0 Å². The summed E-state index contributed by atoms with van der Waals surface area (Å²) >= 11 is 3.04. The van der Waals surface area contributed by atoms with E-state index >= 15 is 0 Å². The number of carbonyl (C=O) groups excluding carboxylic acids is 1. The summed E-state index contributed by atoms with van der Waals surface area (Å²) in [5.41, 5.74) is 0.611. The molecule has 0 spiro atoms. The average molecular weight is 403 g/mol. The van der Waals surface area contributed by atoms with Gasteiger partial charge in [-0.25, -0.2) is 4.39 Å². The summed E-state index contributed by atoms with van der Waals surface area (Å²) in [6, 6.07) is 11.1. The summed E-state index contributed by atoms with van der Waals surface area (Å²) < 4.78 is 15.8. The van der Waals surface area contributed by atoms with Gasteiger partial charge in [0.05, 0.1) is 10.6 Å². The van der Waals surface area contributed by atoms with E-state index < -0.39 is 0 Å². The summed E-state index contributed by atoms with van der Waals surface area (Å²) in [5.74, 6) is 0.834. The Bertz CT molecular complexity index is 922. The van der Waals surface area contributed by atoms with Gasteiger partial charge in [-0.1, -0.05) is 36.0 Å². The van der Waals surface area contributed by atoms with Crippen LogP contribution in [-0.4, -0.2) is 33.0 Å². The Labute approximate surface area is 165 Å². The van der Waals surface area contributed by atoms with E-state index in [9.17, 15) is 9.18 Å². The zero-order chi connectivity index (χ0) is 18.6. The van der Waals surface area contributed by atoms with Crippen LogP contribution in [0, 0.1) is 5.82 Å². The fourth-order valence-electron chi connectivity index (χ4n) is 2.83. The molecule has 0 radical (unpaired) electrons. The van der Waals surface area contributed by atoms with E-state index in [1.165, 1.54) is 17.8 Å². The number of halogens is 1. The molecular weight excluding hydrogens is 383 g/mol. The van der Waals surface area contributed by atoms with Crippen LogP contribution < -0.4 is 5.32 Å². The number of amides is 1. The first-order chi connectivity index (χ1) is 13.2. The summed E-state index contributed by atoms with van der Waals surface area (Å²) in [7, 11) is 0. The fraction of sp³-hybridized carbons (Fsp3) is 0.316. The minimum Gasteiger partial charge on any atom is -0.355 e. The third kappa shape index (κ3) is 4.39. The lowest BCUT2D eigenvalue weighted by Gasteiger charge is -2.08. The van der Waals surface area contributed by atoms with Gasteiger partial charge in [0, 0.05) is 12.6 Å². The topological polar surface area (TPSA) is 59.8 Å². The van der Waals surface area contributed by atoms with E-state index in [1.807, 2.05) is 17.5 Å². The number of carbonyl (C=O) groups is 1. The van der Waals surface area contributed by atoms with Crippen molar-refractivity contribution in [2.45, 2.75) is 30.5 Å². The van der Waals surface area contributed by atoms with Crippen LogP contribution in [0.15, 0.2) is 46.9 Å². The fourth-order valence-corrected chi connectivity index (χ4v) is 4.37. The Hall–Kier alpha value is -2.19. The van der Waals surface area contributed by atoms with Crippen molar-refractivity contribution in [2.75, 3.05) is 12.3 Å². The minimum absolute atomic E-state index is 0.0839. The van der Waals surface area contributed by atoms with Crippen molar-refractivity contribution in [3.63, 3.8) is 0 Å². The van der Waals surface area contributed by atoms with Crippen molar-refractivity contribution >= 4 is 29.0 Å². The highest BCUT2D eigenvalue weighted by Gasteiger charge is 2.30. The molecule has 2 heterocycles. The third-order valence-corrected chi connectivity index (χ3v) is 6.13. The molecule has 0 saturated heterocycles. The van der Waals surface area contributed by atoms with Gasteiger partial charge in [0.1, 0.15) is 5.82 Å². The molecule has 1 aliphatic carbocycles. The number of hydrogen-bond donors (Lipinski definition) is 1. The van der Waals surface area contributed by atoms with Crippen LogP contribution >= 0.6 is 23.1 Å². The lowest BCUT2D eigenvalue weighted by atomic mass is 10.1. The Balaban J connectivity index is 1.32. The van der Waals surface area contributed by atoms with Gasteiger partial charge in [0.2, 0.25) is 5.91 Å². The molecule has 1 saturated carbocycles. The van der Waals surface area contributed by atoms with E-state index in [0.717, 1.165) is 28.7 Å². The monoisotopic (exact) mass is 402 g/mol. The summed E-state index contributed by atoms with van der Waals surface area (Å²) in [4.78, 5) is 13.2. The smallest absolute Gasteiger partial charge is 0.230 e. The standard InChI is InChI=1S/C19H19FN4OS2/c20-15-5-2-1-4-13(15)9-10-21-17(25)12-27-19-23-22-18(16-6-3-11-26-16)24(19)14-7-8-14/h1-6,11,14H,7-10,12H2,(H,21,25). The number of thiophene rings is 1. The highest BCUT2D eigenvalue weighted by atomic mass is 32.2. The molecule has 1 aromatic carbocycles. The summed E-state index contributed by atoms with van der Waals surface area (Å²) in [5, 5.41) is 14.3. The normalized spacial score (nSPS) is 13.7. The maximum absolute atomic E-state index is 13.6. The van der Waals surface area contributed by atoms with Crippen molar-refractivity contribution < 1.29 is 9.18 Å². The Morgan fingerprint density at radius 2 is 2.11 bits per heavy atom. The van der Waals surface area contributed by atoms with Gasteiger partial charge in [-0.3, -0.25) is 9.36 Å². The van der Waals surface area contributed by atoms with E-state index in [1.54, 1.807) is 29.5 Å². The van der Waals surface area contributed by atoms with Crippen molar-refractivity contribution in [3.8, 4) is 10.7 Å². The number of nitrogens with one attached hydrogen (secondary N) is 1. The van der Waals surface area contributed by atoms with Crippen LogP contribution in [0.4, 0.5) is 4.39 Å². The molecule has 1 amide bonds. The second kappa shape index (κ2) is 8.22. The summed E-state index contributed by atoms with van der Waals surface area (Å²) in [6.07, 6.45) is 2.72. The SMILES string of the molecule is O=C(CSc1nnc(-c2cccs2)n1C1CC1)NCCc1ccccc1F. The molecule has 0 bridgehead atoms.